The van der Waals surface area contributed by atoms with E-state index in [2.05, 4.69) is 10.1 Å². The monoisotopic (exact) mass is 293 g/mol. The normalized spacial score (nSPS) is 15.4. The Morgan fingerprint density at radius 1 is 1.37 bits per heavy atom. The number of nitrogens with zero attached hydrogens (tertiary/aromatic N) is 3. The van der Waals surface area contributed by atoms with Gasteiger partial charge in [-0.3, -0.25) is 4.57 Å². The van der Waals surface area contributed by atoms with Gasteiger partial charge in [-0.25, -0.2) is 9.67 Å². The van der Waals surface area contributed by atoms with Gasteiger partial charge < -0.3 is 18.9 Å². The second kappa shape index (κ2) is 7.72. The molecular formula is C10H20N3O5P. The van der Waals surface area contributed by atoms with Crippen molar-refractivity contribution in [2.45, 2.75) is 32.8 Å². The van der Waals surface area contributed by atoms with Crippen LogP contribution in [0.3, 0.4) is 0 Å². The molecule has 0 bridgehead atoms. The number of aliphatic hydroxyl groups excluding tert-OH is 1. The summed E-state index contributed by atoms with van der Waals surface area (Å²) in [6, 6.07) is 0. The van der Waals surface area contributed by atoms with Gasteiger partial charge in [-0.2, -0.15) is 5.10 Å². The third kappa shape index (κ3) is 4.67. The molecular weight excluding hydrogens is 273 g/mol. The van der Waals surface area contributed by atoms with E-state index < -0.39 is 19.7 Å². The van der Waals surface area contributed by atoms with Crippen molar-refractivity contribution in [3.05, 3.63) is 12.7 Å². The van der Waals surface area contributed by atoms with E-state index in [9.17, 15) is 9.67 Å². The summed E-state index contributed by atoms with van der Waals surface area (Å²) in [4.78, 5) is 3.78. The minimum absolute atomic E-state index is 0.0192. The molecule has 0 fully saturated rings. The highest BCUT2D eigenvalue weighted by atomic mass is 31.2. The van der Waals surface area contributed by atoms with E-state index in [1.807, 2.05) is 0 Å². The lowest BCUT2D eigenvalue weighted by Gasteiger charge is -2.26. The number of hydrogen-bond acceptors (Lipinski definition) is 7. The Morgan fingerprint density at radius 2 is 2.00 bits per heavy atom. The molecule has 0 aromatic carbocycles. The molecule has 8 nitrogen and oxygen atoms in total. The second-order valence-electron chi connectivity index (χ2n) is 3.76. The van der Waals surface area contributed by atoms with Crippen LogP contribution in [-0.2, 0) is 18.3 Å². The van der Waals surface area contributed by atoms with Gasteiger partial charge in [0, 0.05) is 0 Å². The number of aliphatic hydroxyl groups is 1. The van der Waals surface area contributed by atoms with Gasteiger partial charge in [0.15, 0.2) is 0 Å². The van der Waals surface area contributed by atoms with Crippen molar-refractivity contribution in [3.8, 4) is 0 Å². The highest BCUT2D eigenvalue weighted by molar-refractivity contribution is 7.53. The first kappa shape index (κ1) is 16.3. The second-order valence-corrected chi connectivity index (χ2v) is 5.80. The molecule has 2 unspecified atom stereocenters. The van der Waals surface area contributed by atoms with Gasteiger partial charge in [0.1, 0.15) is 12.7 Å². The molecule has 0 radical (unpaired) electrons. The fourth-order valence-electron chi connectivity index (χ4n) is 1.39. The zero-order valence-corrected chi connectivity index (χ0v) is 12.2. The molecule has 0 saturated carbocycles. The summed E-state index contributed by atoms with van der Waals surface area (Å²) in [7, 11) is -3.55. The van der Waals surface area contributed by atoms with Crippen LogP contribution >= 0.6 is 7.60 Å². The molecule has 0 aliphatic carbocycles. The van der Waals surface area contributed by atoms with E-state index in [0.717, 1.165) is 0 Å². The van der Waals surface area contributed by atoms with Crippen LogP contribution in [-0.4, -0.2) is 45.8 Å². The standard InChI is InChI=1S/C10H20N3O5P/c1-4-17-19(15,18-5-2)10(16-6-9(3)14)13-8-11-7-12-13/h7-10,14H,4-6H2,1-3H3. The Hall–Kier alpha value is -0.790. The fourth-order valence-corrected chi connectivity index (χ4v) is 3.12. The molecule has 1 heterocycles. The highest BCUT2D eigenvalue weighted by Gasteiger charge is 2.39. The summed E-state index contributed by atoms with van der Waals surface area (Å²) in [5.74, 6) is -1.07. The zero-order chi connectivity index (χ0) is 14.3. The molecule has 0 amide bonds. The Balaban J connectivity index is 2.95. The lowest BCUT2D eigenvalue weighted by Crippen LogP contribution is -2.21. The number of rotatable bonds is 9. The van der Waals surface area contributed by atoms with Crippen LogP contribution in [0.2, 0.25) is 0 Å². The average Bonchev–Trinajstić information content (AvgIpc) is 2.83. The van der Waals surface area contributed by atoms with Crippen molar-refractivity contribution in [3.63, 3.8) is 0 Å². The van der Waals surface area contributed by atoms with E-state index in [-0.39, 0.29) is 19.8 Å². The Labute approximate surface area is 112 Å². The first-order valence-electron chi connectivity index (χ1n) is 6.06. The predicted molar refractivity (Wildman–Crippen MR) is 67.6 cm³/mol. The lowest BCUT2D eigenvalue weighted by atomic mass is 10.4. The SMILES string of the molecule is CCOP(=O)(OCC)C(OCC(C)O)n1cncn1. The third-order valence-corrected chi connectivity index (χ3v) is 4.20. The molecule has 1 N–H and O–H groups in total. The third-order valence-electron chi connectivity index (χ3n) is 2.04. The molecule has 0 saturated heterocycles. The van der Waals surface area contributed by atoms with E-state index in [0.29, 0.717) is 0 Å². The summed E-state index contributed by atoms with van der Waals surface area (Å²) < 4.78 is 29.8. The molecule has 110 valence electrons. The first-order chi connectivity index (χ1) is 9.03. The molecule has 0 spiro atoms. The molecule has 1 rings (SSSR count). The van der Waals surface area contributed by atoms with E-state index in [1.165, 1.54) is 17.3 Å². The first-order valence-corrected chi connectivity index (χ1v) is 7.67. The maximum absolute atomic E-state index is 12.7. The van der Waals surface area contributed by atoms with Gasteiger partial charge in [-0.05, 0) is 20.8 Å². The van der Waals surface area contributed by atoms with Crippen molar-refractivity contribution in [1.82, 2.24) is 14.8 Å². The van der Waals surface area contributed by atoms with Crippen LogP contribution in [0.4, 0.5) is 0 Å². The minimum Gasteiger partial charge on any atom is -0.391 e. The van der Waals surface area contributed by atoms with Gasteiger partial charge in [0.2, 0.25) is 0 Å². The van der Waals surface area contributed by atoms with E-state index in [1.54, 1.807) is 20.8 Å². The number of hydrogen-bond donors (Lipinski definition) is 1. The Kier molecular flexibility index (Phi) is 6.60. The predicted octanol–water partition coefficient (Wildman–Crippen LogP) is 1.40. The topological polar surface area (TPSA) is 95.7 Å². The highest BCUT2D eigenvalue weighted by Crippen LogP contribution is 2.59. The number of ether oxygens (including phenoxy) is 1. The quantitative estimate of drug-likeness (QED) is 0.687. The molecule has 2 atom stereocenters. The Morgan fingerprint density at radius 3 is 2.42 bits per heavy atom. The molecule has 1 aromatic heterocycles. The van der Waals surface area contributed by atoms with E-state index >= 15 is 0 Å². The van der Waals surface area contributed by atoms with Gasteiger partial charge in [-0.1, -0.05) is 0 Å². The largest absolute Gasteiger partial charge is 0.391 e. The van der Waals surface area contributed by atoms with Crippen LogP contribution < -0.4 is 0 Å². The number of aromatic nitrogens is 3. The summed E-state index contributed by atoms with van der Waals surface area (Å²) in [6.07, 6.45) is 1.95. The molecule has 0 aliphatic rings. The van der Waals surface area contributed by atoms with Crippen LogP contribution in [0.5, 0.6) is 0 Å². The fraction of sp³-hybridized carbons (Fsp3) is 0.800. The zero-order valence-electron chi connectivity index (χ0n) is 11.3. The summed E-state index contributed by atoms with van der Waals surface area (Å²) in [5, 5.41) is 13.2. The summed E-state index contributed by atoms with van der Waals surface area (Å²) in [6.45, 7) is 5.37. The summed E-state index contributed by atoms with van der Waals surface area (Å²) >= 11 is 0. The molecule has 0 aliphatic heterocycles. The average molecular weight is 293 g/mol. The van der Waals surface area contributed by atoms with Gasteiger partial charge in [-0.15, -0.1) is 0 Å². The van der Waals surface area contributed by atoms with Crippen LogP contribution in [0, 0.1) is 0 Å². The maximum atomic E-state index is 12.7. The van der Waals surface area contributed by atoms with E-state index in [4.69, 9.17) is 13.8 Å². The van der Waals surface area contributed by atoms with Crippen molar-refractivity contribution in [2.24, 2.45) is 0 Å². The van der Waals surface area contributed by atoms with Crippen LogP contribution in [0.15, 0.2) is 12.7 Å². The minimum atomic E-state index is -3.55. The van der Waals surface area contributed by atoms with Crippen LogP contribution in [0.1, 0.15) is 26.7 Å². The van der Waals surface area contributed by atoms with Crippen LogP contribution in [0.25, 0.3) is 0 Å². The van der Waals surface area contributed by atoms with Gasteiger partial charge in [0.05, 0.1) is 25.9 Å². The van der Waals surface area contributed by atoms with Crippen molar-refractivity contribution < 1.29 is 23.5 Å². The molecule has 9 heteroatoms. The molecule has 1 aromatic rings. The van der Waals surface area contributed by atoms with Crippen molar-refractivity contribution in [1.29, 1.82) is 0 Å². The van der Waals surface area contributed by atoms with Gasteiger partial charge >= 0.3 is 7.60 Å². The lowest BCUT2D eigenvalue weighted by molar-refractivity contribution is -0.0200. The maximum Gasteiger partial charge on any atom is 0.381 e. The Bertz CT molecular complexity index is 388. The molecule has 19 heavy (non-hydrogen) atoms. The van der Waals surface area contributed by atoms with Crippen molar-refractivity contribution >= 4 is 7.60 Å². The van der Waals surface area contributed by atoms with Crippen molar-refractivity contribution in [2.75, 3.05) is 19.8 Å². The smallest absolute Gasteiger partial charge is 0.381 e. The summed E-state index contributed by atoms with van der Waals surface area (Å²) in [5.41, 5.74) is 0. The van der Waals surface area contributed by atoms with Gasteiger partial charge in [0.25, 0.3) is 5.97 Å².